The zero-order chi connectivity index (χ0) is 20.5. The number of amides is 1. The maximum absolute atomic E-state index is 12.3. The number of esters is 1. The lowest BCUT2D eigenvalue weighted by atomic mass is 10.2. The first-order valence-electron chi connectivity index (χ1n) is 9.53. The van der Waals surface area contributed by atoms with Gasteiger partial charge in [-0.15, -0.1) is 0 Å². The van der Waals surface area contributed by atoms with Crippen molar-refractivity contribution in [1.82, 2.24) is 14.9 Å². The molecule has 8 heteroatoms. The van der Waals surface area contributed by atoms with E-state index in [0.717, 1.165) is 5.56 Å². The van der Waals surface area contributed by atoms with Crippen LogP contribution in [0.15, 0.2) is 48.8 Å². The third-order valence-electron chi connectivity index (χ3n) is 4.42. The summed E-state index contributed by atoms with van der Waals surface area (Å²) < 4.78 is 10.6. The van der Waals surface area contributed by atoms with E-state index in [1.165, 1.54) is 6.08 Å². The van der Waals surface area contributed by atoms with Crippen LogP contribution >= 0.6 is 0 Å². The van der Waals surface area contributed by atoms with Gasteiger partial charge in [0, 0.05) is 50.2 Å². The lowest BCUT2D eigenvalue weighted by Crippen LogP contribution is -2.50. The minimum Gasteiger partial charge on any atom is -0.493 e. The Labute approximate surface area is 169 Å². The van der Waals surface area contributed by atoms with Gasteiger partial charge < -0.3 is 19.3 Å². The predicted molar refractivity (Wildman–Crippen MR) is 108 cm³/mol. The topological polar surface area (TPSA) is 84.9 Å². The van der Waals surface area contributed by atoms with Crippen LogP contribution in [0.5, 0.6) is 5.75 Å². The van der Waals surface area contributed by atoms with Gasteiger partial charge in [0.05, 0.1) is 6.61 Å². The number of nitrogens with zero attached hydrogens (tertiary/aromatic N) is 4. The van der Waals surface area contributed by atoms with E-state index in [1.807, 2.05) is 36.1 Å². The molecule has 0 atom stereocenters. The lowest BCUT2D eigenvalue weighted by Gasteiger charge is -2.34. The number of piperazine rings is 1. The Balaban J connectivity index is 1.44. The maximum Gasteiger partial charge on any atom is 0.331 e. The zero-order valence-corrected chi connectivity index (χ0v) is 16.4. The first kappa shape index (κ1) is 20.3. The van der Waals surface area contributed by atoms with Crippen LogP contribution in [0.25, 0.3) is 6.08 Å². The number of carbonyl (C=O) groups is 2. The quantitative estimate of drug-likeness (QED) is 0.521. The van der Waals surface area contributed by atoms with Crippen molar-refractivity contribution in [3.05, 3.63) is 54.4 Å². The van der Waals surface area contributed by atoms with Crippen LogP contribution in [0.4, 0.5) is 5.95 Å². The summed E-state index contributed by atoms with van der Waals surface area (Å²) in [4.78, 5) is 36.4. The highest BCUT2D eigenvalue weighted by molar-refractivity contribution is 5.89. The fraction of sp³-hybridized carbons (Fsp3) is 0.333. The van der Waals surface area contributed by atoms with Gasteiger partial charge in [0.2, 0.25) is 5.95 Å². The van der Waals surface area contributed by atoms with E-state index in [0.29, 0.717) is 44.5 Å². The van der Waals surface area contributed by atoms with Crippen molar-refractivity contribution in [2.45, 2.75) is 6.92 Å². The Hall–Kier alpha value is -3.42. The number of hydrogen-bond acceptors (Lipinski definition) is 7. The highest BCUT2D eigenvalue weighted by atomic mass is 16.5. The predicted octanol–water partition coefficient (Wildman–Crippen LogP) is 1.78. The Morgan fingerprint density at radius 3 is 2.52 bits per heavy atom. The molecule has 1 amide bonds. The number of rotatable bonds is 7. The number of anilines is 1. The molecule has 2 aromatic rings. The van der Waals surface area contributed by atoms with Gasteiger partial charge in [-0.3, -0.25) is 4.79 Å². The van der Waals surface area contributed by atoms with E-state index in [-0.39, 0.29) is 12.5 Å². The van der Waals surface area contributed by atoms with Crippen LogP contribution < -0.4 is 9.64 Å². The molecule has 1 aliphatic rings. The van der Waals surface area contributed by atoms with Gasteiger partial charge in [0.25, 0.3) is 5.91 Å². The largest absolute Gasteiger partial charge is 0.493 e. The fourth-order valence-corrected chi connectivity index (χ4v) is 2.95. The molecule has 2 heterocycles. The van der Waals surface area contributed by atoms with Crippen LogP contribution in [0.3, 0.4) is 0 Å². The molecule has 3 rings (SSSR count). The molecule has 29 heavy (non-hydrogen) atoms. The molecule has 0 aliphatic carbocycles. The fourth-order valence-electron chi connectivity index (χ4n) is 2.95. The minimum atomic E-state index is -0.569. The molecule has 0 spiro atoms. The Bertz CT molecular complexity index is 849. The van der Waals surface area contributed by atoms with Gasteiger partial charge in [-0.05, 0) is 25.1 Å². The molecule has 0 bridgehead atoms. The average Bonchev–Trinajstić information content (AvgIpc) is 2.78. The van der Waals surface area contributed by atoms with Crippen LogP contribution in [0.1, 0.15) is 12.5 Å². The molecule has 1 aromatic carbocycles. The molecule has 0 saturated carbocycles. The SMILES string of the molecule is CCOc1ccccc1/C=C/C(=O)OCC(=O)N1CCN(c2ncccn2)CC1. The third-order valence-corrected chi connectivity index (χ3v) is 4.42. The van der Waals surface area contributed by atoms with Crippen molar-refractivity contribution in [3.63, 3.8) is 0 Å². The van der Waals surface area contributed by atoms with E-state index in [4.69, 9.17) is 9.47 Å². The standard InChI is InChI=1S/C21H24N4O4/c1-2-28-18-7-4-3-6-17(18)8-9-20(27)29-16-19(26)24-12-14-25(15-13-24)21-22-10-5-11-23-21/h3-11H,2,12-16H2,1H3/b9-8+. The summed E-state index contributed by atoms with van der Waals surface area (Å²) in [6.45, 7) is 4.49. The lowest BCUT2D eigenvalue weighted by molar-refractivity contribution is -0.148. The molecular formula is C21H24N4O4. The number of hydrogen-bond donors (Lipinski definition) is 0. The van der Waals surface area contributed by atoms with E-state index < -0.39 is 5.97 Å². The number of benzene rings is 1. The molecule has 0 unspecified atom stereocenters. The van der Waals surface area contributed by atoms with Crippen LogP contribution in [-0.4, -0.2) is 66.1 Å². The van der Waals surface area contributed by atoms with Gasteiger partial charge in [0.1, 0.15) is 5.75 Å². The van der Waals surface area contributed by atoms with Crippen LogP contribution in [0, 0.1) is 0 Å². The molecule has 152 valence electrons. The first-order chi connectivity index (χ1) is 14.2. The second kappa shape index (κ2) is 10.2. The summed E-state index contributed by atoms with van der Waals surface area (Å²) in [6.07, 6.45) is 6.31. The number of aromatic nitrogens is 2. The average molecular weight is 396 g/mol. The van der Waals surface area contributed by atoms with Crippen LogP contribution in [0.2, 0.25) is 0 Å². The highest BCUT2D eigenvalue weighted by Gasteiger charge is 2.22. The van der Waals surface area contributed by atoms with Crippen molar-refractivity contribution in [2.75, 3.05) is 44.3 Å². The number of para-hydroxylation sites is 1. The molecule has 1 saturated heterocycles. The molecule has 0 N–H and O–H groups in total. The highest BCUT2D eigenvalue weighted by Crippen LogP contribution is 2.19. The molecule has 0 radical (unpaired) electrons. The van der Waals surface area contributed by atoms with Gasteiger partial charge >= 0.3 is 5.97 Å². The van der Waals surface area contributed by atoms with Crippen LogP contribution in [-0.2, 0) is 14.3 Å². The maximum atomic E-state index is 12.3. The van der Waals surface area contributed by atoms with E-state index in [2.05, 4.69) is 9.97 Å². The minimum absolute atomic E-state index is 0.213. The van der Waals surface area contributed by atoms with Crippen molar-refractivity contribution < 1.29 is 19.1 Å². The van der Waals surface area contributed by atoms with Gasteiger partial charge in [-0.25, -0.2) is 14.8 Å². The summed E-state index contributed by atoms with van der Waals surface area (Å²) in [7, 11) is 0. The van der Waals surface area contributed by atoms with E-state index >= 15 is 0 Å². The second-order valence-electron chi connectivity index (χ2n) is 6.33. The summed E-state index contributed by atoms with van der Waals surface area (Å²) in [5, 5.41) is 0. The first-order valence-corrected chi connectivity index (χ1v) is 9.53. The van der Waals surface area contributed by atoms with Crippen molar-refractivity contribution in [1.29, 1.82) is 0 Å². The number of ether oxygens (including phenoxy) is 2. The molecule has 1 aromatic heterocycles. The van der Waals surface area contributed by atoms with Gasteiger partial charge in [0.15, 0.2) is 6.61 Å². The molecule has 8 nitrogen and oxygen atoms in total. The normalized spacial score (nSPS) is 14.1. The Kier molecular flexibility index (Phi) is 7.16. The second-order valence-corrected chi connectivity index (χ2v) is 6.33. The van der Waals surface area contributed by atoms with Gasteiger partial charge in [-0.1, -0.05) is 18.2 Å². The Morgan fingerprint density at radius 2 is 1.79 bits per heavy atom. The summed E-state index contributed by atoms with van der Waals surface area (Å²) >= 11 is 0. The van der Waals surface area contributed by atoms with Gasteiger partial charge in [-0.2, -0.15) is 0 Å². The smallest absolute Gasteiger partial charge is 0.331 e. The summed E-state index contributed by atoms with van der Waals surface area (Å²) in [5.41, 5.74) is 0.775. The molecular weight excluding hydrogens is 372 g/mol. The van der Waals surface area contributed by atoms with E-state index in [9.17, 15) is 9.59 Å². The summed E-state index contributed by atoms with van der Waals surface area (Å²) in [6, 6.07) is 9.16. The Morgan fingerprint density at radius 1 is 1.07 bits per heavy atom. The van der Waals surface area contributed by atoms with Crippen molar-refractivity contribution >= 4 is 23.9 Å². The monoisotopic (exact) mass is 396 g/mol. The van der Waals surface area contributed by atoms with Crippen molar-refractivity contribution in [3.8, 4) is 5.75 Å². The summed E-state index contributed by atoms with van der Waals surface area (Å²) in [5.74, 6) is 0.565. The zero-order valence-electron chi connectivity index (χ0n) is 16.4. The number of carbonyl (C=O) groups excluding carboxylic acids is 2. The van der Waals surface area contributed by atoms with Crippen molar-refractivity contribution in [2.24, 2.45) is 0 Å². The molecule has 1 aliphatic heterocycles. The van der Waals surface area contributed by atoms with E-state index in [1.54, 1.807) is 29.4 Å². The third kappa shape index (κ3) is 5.78. The molecule has 1 fully saturated rings.